The van der Waals surface area contributed by atoms with Crippen LogP contribution in [0.15, 0.2) is 16.6 Å². The second kappa shape index (κ2) is 3.98. The fourth-order valence-electron chi connectivity index (χ4n) is 3.19. The van der Waals surface area contributed by atoms with Gasteiger partial charge < -0.3 is 9.47 Å². The summed E-state index contributed by atoms with van der Waals surface area (Å²) in [6.45, 7) is 2.16. The van der Waals surface area contributed by atoms with E-state index in [1.54, 1.807) is 6.07 Å². The summed E-state index contributed by atoms with van der Waals surface area (Å²) in [6, 6.07) is 3.70. The molecule has 0 amide bonds. The third kappa shape index (κ3) is 1.58. The molecule has 2 atom stereocenters. The van der Waals surface area contributed by atoms with E-state index >= 15 is 0 Å². The molecule has 4 heteroatoms. The number of benzene rings is 1. The van der Waals surface area contributed by atoms with Crippen LogP contribution in [0.25, 0.3) is 0 Å². The van der Waals surface area contributed by atoms with Crippen LogP contribution in [-0.4, -0.2) is 18.7 Å². The van der Waals surface area contributed by atoms with Gasteiger partial charge in [0.05, 0.1) is 17.1 Å². The summed E-state index contributed by atoms with van der Waals surface area (Å²) in [5, 5.41) is 0. The van der Waals surface area contributed by atoms with Crippen molar-refractivity contribution in [2.75, 3.05) is 7.11 Å². The van der Waals surface area contributed by atoms with Gasteiger partial charge in [0.15, 0.2) is 0 Å². The molecule has 0 N–H and O–H groups in total. The van der Waals surface area contributed by atoms with E-state index in [9.17, 15) is 4.79 Å². The minimum Gasteiger partial charge on any atom is -0.485 e. The average molecular weight is 311 g/mol. The molecule has 0 aromatic heterocycles. The van der Waals surface area contributed by atoms with Gasteiger partial charge in [-0.2, -0.15) is 0 Å². The fourth-order valence-corrected chi connectivity index (χ4v) is 3.75. The van der Waals surface area contributed by atoms with Crippen molar-refractivity contribution in [2.45, 2.75) is 37.7 Å². The Morgan fingerprint density at radius 2 is 2.33 bits per heavy atom. The van der Waals surface area contributed by atoms with Gasteiger partial charge in [-0.1, -0.05) is 0 Å². The van der Waals surface area contributed by atoms with E-state index in [1.807, 2.05) is 6.07 Å². The normalized spacial score (nSPS) is 28.5. The molecule has 1 aliphatic heterocycles. The Morgan fingerprint density at radius 3 is 3.06 bits per heavy atom. The maximum absolute atomic E-state index is 11.7. The van der Waals surface area contributed by atoms with Crippen LogP contribution < -0.4 is 4.74 Å². The lowest BCUT2D eigenvalue weighted by atomic mass is 9.88. The molecular formula is C14H15BrO3. The highest BCUT2D eigenvalue weighted by Crippen LogP contribution is 2.55. The number of hydrogen-bond acceptors (Lipinski definition) is 3. The number of halogens is 1. The van der Waals surface area contributed by atoms with Crippen molar-refractivity contribution in [1.82, 2.24) is 0 Å². The van der Waals surface area contributed by atoms with Crippen LogP contribution in [-0.2, 0) is 4.74 Å². The molecule has 18 heavy (non-hydrogen) atoms. The molecule has 1 fully saturated rings. The molecule has 2 aliphatic rings. The third-order valence-electron chi connectivity index (χ3n) is 4.11. The molecular weight excluding hydrogens is 296 g/mol. The highest BCUT2D eigenvalue weighted by molar-refractivity contribution is 9.10. The van der Waals surface area contributed by atoms with Gasteiger partial charge in [-0.3, -0.25) is 0 Å². The topological polar surface area (TPSA) is 35.5 Å². The SMILES string of the molecule is COC(=O)c1cc(Br)c2c(c1)C1CCCC1(C)O2. The molecule has 1 aromatic rings. The zero-order valence-corrected chi connectivity index (χ0v) is 12.0. The molecule has 3 rings (SSSR count). The van der Waals surface area contributed by atoms with Crippen molar-refractivity contribution >= 4 is 21.9 Å². The van der Waals surface area contributed by atoms with Crippen molar-refractivity contribution < 1.29 is 14.3 Å². The van der Waals surface area contributed by atoms with Crippen molar-refractivity contribution in [2.24, 2.45) is 0 Å². The van der Waals surface area contributed by atoms with E-state index in [0.29, 0.717) is 11.5 Å². The molecule has 1 aliphatic carbocycles. The number of carbonyl (C=O) groups is 1. The van der Waals surface area contributed by atoms with Crippen LogP contribution in [0.5, 0.6) is 5.75 Å². The van der Waals surface area contributed by atoms with Gasteiger partial charge in [0.2, 0.25) is 0 Å². The molecule has 0 radical (unpaired) electrons. The molecule has 2 unspecified atom stereocenters. The lowest BCUT2D eigenvalue weighted by Gasteiger charge is -2.23. The predicted octanol–water partition coefficient (Wildman–Crippen LogP) is 3.65. The van der Waals surface area contributed by atoms with E-state index in [0.717, 1.165) is 28.6 Å². The lowest BCUT2D eigenvalue weighted by Crippen LogP contribution is -2.29. The standard InChI is InChI=1S/C14H15BrO3/c1-14-5-3-4-10(14)9-6-8(13(16)17-2)7-11(15)12(9)18-14/h6-7,10H,3-5H2,1-2H3. The fraction of sp³-hybridized carbons (Fsp3) is 0.500. The van der Waals surface area contributed by atoms with E-state index in [4.69, 9.17) is 9.47 Å². The molecule has 1 heterocycles. The smallest absolute Gasteiger partial charge is 0.337 e. The first-order chi connectivity index (χ1) is 8.55. The van der Waals surface area contributed by atoms with Gasteiger partial charge in [0, 0.05) is 11.5 Å². The molecule has 3 nitrogen and oxygen atoms in total. The van der Waals surface area contributed by atoms with Gasteiger partial charge in [-0.15, -0.1) is 0 Å². The highest BCUT2D eigenvalue weighted by atomic mass is 79.9. The number of ether oxygens (including phenoxy) is 2. The molecule has 1 aromatic carbocycles. The van der Waals surface area contributed by atoms with Gasteiger partial charge in [-0.05, 0) is 54.2 Å². The minimum atomic E-state index is -0.301. The van der Waals surface area contributed by atoms with Crippen LogP contribution in [0.2, 0.25) is 0 Å². The second-order valence-electron chi connectivity index (χ2n) is 5.23. The van der Waals surface area contributed by atoms with Crippen LogP contribution in [0.3, 0.4) is 0 Å². The van der Waals surface area contributed by atoms with Crippen molar-refractivity contribution in [3.63, 3.8) is 0 Å². The van der Waals surface area contributed by atoms with Crippen molar-refractivity contribution in [3.8, 4) is 5.75 Å². The highest BCUT2D eigenvalue weighted by Gasteiger charge is 2.48. The largest absolute Gasteiger partial charge is 0.485 e. The summed E-state index contributed by atoms with van der Waals surface area (Å²) in [4.78, 5) is 11.7. The average Bonchev–Trinajstić information content (AvgIpc) is 2.83. The molecule has 0 saturated heterocycles. The summed E-state index contributed by atoms with van der Waals surface area (Å²) in [5.41, 5.74) is 1.63. The zero-order chi connectivity index (χ0) is 12.9. The Labute approximate surface area is 115 Å². The first-order valence-corrected chi connectivity index (χ1v) is 6.95. The first-order valence-electron chi connectivity index (χ1n) is 6.16. The summed E-state index contributed by atoms with van der Waals surface area (Å²) in [5.74, 6) is 0.994. The zero-order valence-electron chi connectivity index (χ0n) is 10.5. The predicted molar refractivity (Wildman–Crippen MR) is 71.1 cm³/mol. The van der Waals surface area contributed by atoms with E-state index in [2.05, 4.69) is 22.9 Å². The number of carbonyl (C=O) groups excluding carboxylic acids is 1. The van der Waals surface area contributed by atoms with E-state index in [1.165, 1.54) is 13.5 Å². The maximum Gasteiger partial charge on any atom is 0.337 e. The lowest BCUT2D eigenvalue weighted by molar-refractivity contribution is 0.0600. The Kier molecular flexibility index (Phi) is 2.66. The quantitative estimate of drug-likeness (QED) is 0.743. The van der Waals surface area contributed by atoms with Crippen LogP contribution in [0.1, 0.15) is 48.0 Å². The summed E-state index contributed by atoms with van der Waals surface area (Å²) in [6.07, 6.45) is 3.38. The van der Waals surface area contributed by atoms with E-state index < -0.39 is 0 Å². The number of methoxy groups -OCH3 is 1. The monoisotopic (exact) mass is 310 g/mol. The number of esters is 1. The Balaban J connectivity index is 2.10. The second-order valence-corrected chi connectivity index (χ2v) is 6.08. The number of fused-ring (bicyclic) bond motifs is 3. The molecule has 96 valence electrons. The van der Waals surface area contributed by atoms with Gasteiger partial charge in [-0.25, -0.2) is 4.79 Å². The number of hydrogen-bond donors (Lipinski definition) is 0. The summed E-state index contributed by atoms with van der Waals surface area (Å²) in [7, 11) is 1.40. The van der Waals surface area contributed by atoms with Gasteiger partial charge in [0.1, 0.15) is 11.4 Å². The van der Waals surface area contributed by atoms with Crippen LogP contribution in [0, 0.1) is 0 Å². The molecule has 0 spiro atoms. The van der Waals surface area contributed by atoms with Gasteiger partial charge in [0.25, 0.3) is 0 Å². The van der Waals surface area contributed by atoms with Crippen LogP contribution in [0.4, 0.5) is 0 Å². The van der Waals surface area contributed by atoms with Gasteiger partial charge >= 0.3 is 5.97 Å². The summed E-state index contributed by atoms with van der Waals surface area (Å²) < 4.78 is 11.7. The molecule has 1 saturated carbocycles. The minimum absolute atomic E-state index is 0.0976. The van der Waals surface area contributed by atoms with E-state index in [-0.39, 0.29) is 11.6 Å². The first kappa shape index (κ1) is 12.0. The Bertz CT molecular complexity index is 526. The summed E-state index contributed by atoms with van der Waals surface area (Å²) >= 11 is 3.50. The number of rotatable bonds is 1. The maximum atomic E-state index is 11.7. The Hall–Kier alpha value is -1.03. The van der Waals surface area contributed by atoms with Crippen LogP contribution >= 0.6 is 15.9 Å². The Morgan fingerprint density at radius 1 is 1.56 bits per heavy atom. The third-order valence-corrected chi connectivity index (χ3v) is 4.70. The molecule has 0 bridgehead atoms. The van der Waals surface area contributed by atoms with Crippen molar-refractivity contribution in [1.29, 1.82) is 0 Å². The van der Waals surface area contributed by atoms with Crippen molar-refractivity contribution in [3.05, 3.63) is 27.7 Å².